The van der Waals surface area contributed by atoms with Crippen molar-refractivity contribution in [1.82, 2.24) is 19.8 Å². The van der Waals surface area contributed by atoms with Gasteiger partial charge in [0.15, 0.2) is 0 Å². The number of anilines is 1. The van der Waals surface area contributed by atoms with E-state index in [-0.39, 0.29) is 5.91 Å². The molecule has 0 atom stereocenters. The van der Waals surface area contributed by atoms with Gasteiger partial charge in [0.25, 0.3) is 0 Å². The summed E-state index contributed by atoms with van der Waals surface area (Å²) >= 11 is 1.85. The Morgan fingerprint density at radius 2 is 1.93 bits per heavy atom. The highest BCUT2D eigenvalue weighted by molar-refractivity contribution is 7.19. The maximum atomic E-state index is 11.2. The van der Waals surface area contributed by atoms with Crippen molar-refractivity contribution < 1.29 is 9.53 Å². The normalized spacial score (nSPS) is 21.2. The van der Waals surface area contributed by atoms with Crippen LogP contribution in [0.5, 0.6) is 0 Å². The van der Waals surface area contributed by atoms with Crippen molar-refractivity contribution in [2.24, 2.45) is 5.73 Å². The number of piperidine rings is 1. The summed E-state index contributed by atoms with van der Waals surface area (Å²) < 4.78 is 5.48. The SMILES string of the molecule is NC(=O)CN1CCC(Nc2nc(CN3CCOCC3)nc3sc4c(c23)CCC4)CC1. The Labute approximate surface area is 180 Å². The van der Waals surface area contributed by atoms with Crippen LogP contribution in [0.2, 0.25) is 0 Å². The van der Waals surface area contributed by atoms with E-state index in [2.05, 4.69) is 15.1 Å². The van der Waals surface area contributed by atoms with E-state index < -0.39 is 0 Å². The molecular formula is C21H30N6O2S. The van der Waals surface area contributed by atoms with Gasteiger partial charge in [0.1, 0.15) is 16.5 Å². The van der Waals surface area contributed by atoms with E-state index in [1.54, 1.807) is 0 Å². The number of carbonyl (C=O) groups is 1. The molecule has 3 aliphatic rings. The van der Waals surface area contributed by atoms with Crippen LogP contribution >= 0.6 is 11.3 Å². The first-order valence-corrected chi connectivity index (χ1v) is 11.9. The number of ether oxygens (including phenoxy) is 1. The number of thiophene rings is 1. The number of hydrogen-bond donors (Lipinski definition) is 2. The Bertz CT molecular complexity index is 918. The molecule has 0 aromatic carbocycles. The van der Waals surface area contributed by atoms with Gasteiger partial charge in [0, 0.05) is 37.1 Å². The van der Waals surface area contributed by atoms with E-state index in [1.165, 1.54) is 28.7 Å². The Morgan fingerprint density at radius 3 is 2.70 bits per heavy atom. The lowest BCUT2D eigenvalue weighted by atomic mass is 10.0. The molecule has 2 fully saturated rings. The Balaban J connectivity index is 1.37. The Hall–Kier alpha value is -1.81. The van der Waals surface area contributed by atoms with E-state index in [4.69, 9.17) is 20.4 Å². The summed E-state index contributed by atoms with van der Waals surface area (Å²) in [4.78, 5) is 28.3. The molecule has 0 saturated carbocycles. The molecule has 2 aliphatic heterocycles. The maximum absolute atomic E-state index is 11.2. The van der Waals surface area contributed by atoms with Gasteiger partial charge in [-0.25, -0.2) is 9.97 Å². The number of morpholine rings is 1. The van der Waals surface area contributed by atoms with Crippen molar-refractivity contribution in [3.63, 3.8) is 0 Å². The highest BCUT2D eigenvalue weighted by atomic mass is 32.1. The van der Waals surface area contributed by atoms with Gasteiger partial charge in [0.05, 0.1) is 31.7 Å². The third kappa shape index (κ3) is 4.30. The number of hydrogen-bond acceptors (Lipinski definition) is 8. The van der Waals surface area contributed by atoms with Crippen LogP contribution in [0, 0.1) is 0 Å². The predicted molar refractivity (Wildman–Crippen MR) is 118 cm³/mol. The first kappa shape index (κ1) is 20.1. The molecule has 0 bridgehead atoms. The van der Waals surface area contributed by atoms with Crippen molar-refractivity contribution in [2.45, 2.75) is 44.7 Å². The molecule has 30 heavy (non-hydrogen) atoms. The lowest BCUT2D eigenvalue weighted by Gasteiger charge is -2.32. The topological polar surface area (TPSA) is 96.6 Å². The monoisotopic (exact) mass is 430 g/mol. The lowest BCUT2D eigenvalue weighted by molar-refractivity contribution is -0.119. The molecule has 2 aromatic rings. The molecule has 2 saturated heterocycles. The van der Waals surface area contributed by atoms with Crippen LogP contribution < -0.4 is 11.1 Å². The van der Waals surface area contributed by atoms with Crippen LogP contribution in [-0.4, -0.2) is 77.7 Å². The number of amides is 1. The number of primary amides is 1. The van der Waals surface area contributed by atoms with E-state index in [0.717, 1.165) is 81.7 Å². The quantitative estimate of drug-likeness (QED) is 0.714. The summed E-state index contributed by atoms with van der Waals surface area (Å²) in [6, 6.07) is 0.361. The zero-order chi connectivity index (χ0) is 20.5. The molecule has 1 aliphatic carbocycles. The summed E-state index contributed by atoms with van der Waals surface area (Å²) in [5, 5.41) is 5.01. The number of carbonyl (C=O) groups excluding carboxylic acids is 1. The van der Waals surface area contributed by atoms with Crippen LogP contribution in [-0.2, 0) is 28.9 Å². The second-order valence-electron chi connectivity index (χ2n) is 8.58. The average molecular weight is 431 g/mol. The highest BCUT2D eigenvalue weighted by Crippen LogP contribution is 2.40. The fourth-order valence-corrected chi connectivity index (χ4v) is 6.10. The first-order chi connectivity index (χ1) is 14.7. The number of nitrogens with two attached hydrogens (primary N) is 1. The zero-order valence-electron chi connectivity index (χ0n) is 17.4. The number of rotatable bonds is 6. The van der Waals surface area contributed by atoms with E-state index >= 15 is 0 Å². The number of fused-ring (bicyclic) bond motifs is 3. The van der Waals surface area contributed by atoms with Crippen molar-refractivity contribution in [3.8, 4) is 0 Å². The molecule has 0 unspecified atom stereocenters. The van der Waals surface area contributed by atoms with Crippen LogP contribution in [0.1, 0.15) is 35.5 Å². The third-order valence-corrected chi connectivity index (χ3v) is 7.57. The van der Waals surface area contributed by atoms with Gasteiger partial charge >= 0.3 is 0 Å². The Morgan fingerprint density at radius 1 is 1.13 bits per heavy atom. The summed E-state index contributed by atoms with van der Waals surface area (Å²) in [5.41, 5.74) is 6.81. The predicted octanol–water partition coefficient (Wildman–Crippen LogP) is 1.37. The molecule has 5 rings (SSSR count). The highest BCUT2D eigenvalue weighted by Gasteiger charge is 2.26. The first-order valence-electron chi connectivity index (χ1n) is 11.0. The summed E-state index contributed by atoms with van der Waals surface area (Å²) in [6.45, 7) is 6.33. The van der Waals surface area contributed by atoms with E-state index in [1.807, 2.05) is 11.3 Å². The molecule has 162 valence electrons. The van der Waals surface area contributed by atoms with Gasteiger partial charge in [-0.15, -0.1) is 11.3 Å². The molecular weight excluding hydrogens is 400 g/mol. The molecule has 8 nitrogen and oxygen atoms in total. The number of nitrogens with zero attached hydrogens (tertiary/aromatic N) is 4. The van der Waals surface area contributed by atoms with Gasteiger partial charge in [-0.1, -0.05) is 0 Å². The third-order valence-electron chi connectivity index (χ3n) is 6.39. The minimum absolute atomic E-state index is 0.250. The second kappa shape index (κ2) is 8.74. The Kier molecular flexibility index (Phi) is 5.86. The van der Waals surface area contributed by atoms with E-state index in [9.17, 15) is 4.79 Å². The number of aromatic nitrogens is 2. The molecule has 0 spiro atoms. The van der Waals surface area contributed by atoms with Gasteiger partial charge in [0.2, 0.25) is 5.91 Å². The standard InChI is InChI=1S/C21H30N6O2S/c22-17(28)12-26-6-4-14(5-7-26)23-20-19-15-2-1-3-16(15)30-21(19)25-18(24-20)13-27-8-10-29-11-9-27/h14H,1-13H2,(H2,22,28)(H,23,24,25). The molecule has 2 aromatic heterocycles. The smallest absolute Gasteiger partial charge is 0.231 e. The molecule has 4 heterocycles. The minimum atomic E-state index is -0.250. The summed E-state index contributed by atoms with van der Waals surface area (Å²) in [5.74, 6) is 1.66. The van der Waals surface area contributed by atoms with E-state index in [0.29, 0.717) is 12.6 Å². The van der Waals surface area contributed by atoms with Crippen molar-refractivity contribution in [3.05, 3.63) is 16.3 Å². The van der Waals surface area contributed by atoms with Crippen molar-refractivity contribution in [1.29, 1.82) is 0 Å². The van der Waals surface area contributed by atoms with Crippen LogP contribution in [0.15, 0.2) is 0 Å². The minimum Gasteiger partial charge on any atom is -0.379 e. The van der Waals surface area contributed by atoms with Crippen LogP contribution in [0.3, 0.4) is 0 Å². The van der Waals surface area contributed by atoms with Gasteiger partial charge in [-0.05, 0) is 37.7 Å². The number of likely N-dealkylation sites (tertiary alicyclic amines) is 1. The van der Waals surface area contributed by atoms with Crippen LogP contribution in [0.4, 0.5) is 5.82 Å². The summed E-state index contributed by atoms with van der Waals surface area (Å²) in [7, 11) is 0. The average Bonchev–Trinajstić information content (AvgIpc) is 3.31. The lowest BCUT2D eigenvalue weighted by Crippen LogP contribution is -2.43. The fourth-order valence-electron chi connectivity index (χ4n) is 4.82. The molecule has 3 N–H and O–H groups in total. The zero-order valence-corrected chi connectivity index (χ0v) is 18.2. The molecule has 1 amide bonds. The number of nitrogens with one attached hydrogen (secondary N) is 1. The van der Waals surface area contributed by atoms with Gasteiger partial charge in [-0.2, -0.15) is 0 Å². The van der Waals surface area contributed by atoms with Crippen molar-refractivity contribution >= 4 is 33.3 Å². The molecule has 9 heteroatoms. The van der Waals surface area contributed by atoms with Gasteiger partial charge in [-0.3, -0.25) is 14.6 Å². The summed E-state index contributed by atoms with van der Waals surface area (Å²) in [6.07, 6.45) is 5.51. The van der Waals surface area contributed by atoms with Crippen LogP contribution in [0.25, 0.3) is 10.2 Å². The number of aryl methyl sites for hydroxylation is 2. The fraction of sp³-hybridized carbons (Fsp3) is 0.667. The second-order valence-corrected chi connectivity index (χ2v) is 9.66. The van der Waals surface area contributed by atoms with Crippen molar-refractivity contribution in [2.75, 3.05) is 51.3 Å². The van der Waals surface area contributed by atoms with Gasteiger partial charge < -0.3 is 15.8 Å². The largest absolute Gasteiger partial charge is 0.379 e. The maximum Gasteiger partial charge on any atom is 0.231 e. The molecule has 0 radical (unpaired) electrons.